The lowest BCUT2D eigenvalue weighted by atomic mass is 9.89. The molecule has 1 aromatic rings. The summed E-state index contributed by atoms with van der Waals surface area (Å²) >= 11 is 0. The smallest absolute Gasteiger partial charge is 0.0512 e. The van der Waals surface area contributed by atoms with Crippen LogP contribution in [0.5, 0.6) is 0 Å². The van der Waals surface area contributed by atoms with Gasteiger partial charge in [-0.3, -0.25) is 4.98 Å². The summed E-state index contributed by atoms with van der Waals surface area (Å²) < 4.78 is 5.49. The monoisotopic (exact) mass is 220 g/mol. The maximum absolute atomic E-state index is 6.30. The first-order valence-corrected chi connectivity index (χ1v) is 5.96. The lowest BCUT2D eigenvalue weighted by Gasteiger charge is -2.28. The fourth-order valence-corrected chi connectivity index (χ4v) is 2.35. The second-order valence-electron chi connectivity index (χ2n) is 4.63. The summed E-state index contributed by atoms with van der Waals surface area (Å²) in [5, 5.41) is 0. The van der Waals surface area contributed by atoms with Gasteiger partial charge in [0.15, 0.2) is 0 Å². The number of hydrogen-bond donors (Lipinski definition) is 1. The van der Waals surface area contributed by atoms with E-state index in [-0.39, 0.29) is 6.04 Å². The van der Waals surface area contributed by atoms with Crippen LogP contribution >= 0.6 is 0 Å². The molecule has 3 nitrogen and oxygen atoms in total. The summed E-state index contributed by atoms with van der Waals surface area (Å²) in [6.45, 7) is 5.71. The van der Waals surface area contributed by atoms with Crippen molar-refractivity contribution in [3.05, 3.63) is 29.1 Å². The third-order valence-corrected chi connectivity index (χ3v) is 3.33. The molecule has 1 fully saturated rings. The summed E-state index contributed by atoms with van der Waals surface area (Å²) in [6.07, 6.45) is 2.28. The van der Waals surface area contributed by atoms with Crippen LogP contribution in [0.25, 0.3) is 0 Å². The highest BCUT2D eigenvalue weighted by molar-refractivity contribution is 5.25. The molecular formula is C13H20N2O. The first kappa shape index (κ1) is 11.6. The zero-order chi connectivity index (χ0) is 11.5. The fourth-order valence-electron chi connectivity index (χ4n) is 2.35. The van der Waals surface area contributed by atoms with Crippen molar-refractivity contribution in [2.24, 2.45) is 11.7 Å². The molecule has 2 N–H and O–H groups in total. The molecule has 2 heterocycles. The quantitative estimate of drug-likeness (QED) is 0.830. The molecular weight excluding hydrogens is 200 g/mol. The van der Waals surface area contributed by atoms with E-state index >= 15 is 0 Å². The second kappa shape index (κ2) is 4.93. The minimum atomic E-state index is 0.0633. The Balaban J connectivity index is 2.15. The average Bonchev–Trinajstić information content (AvgIpc) is 2.29. The fraction of sp³-hybridized carbons (Fsp3) is 0.615. The Morgan fingerprint density at radius 3 is 2.88 bits per heavy atom. The average molecular weight is 220 g/mol. The van der Waals surface area contributed by atoms with Gasteiger partial charge in [-0.1, -0.05) is 6.07 Å². The normalized spacial score (nSPS) is 23.1. The minimum absolute atomic E-state index is 0.0633. The molecule has 0 aliphatic carbocycles. The number of rotatable bonds is 2. The van der Waals surface area contributed by atoms with E-state index in [0.717, 1.165) is 37.4 Å². The largest absolute Gasteiger partial charge is 0.381 e. The van der Waals surface area contributed by atoms with Crippen molar-refractivity contribution >= 4 is 0 Å². The molecule has 3 heteroatoms. The zero-order valence-electron chi connectivity index (χ0n) is 10.1. The Bertz CT molecular complexity index is 359. The Hall–Kier alpha value is -0.930. The molecule has 1 aliphatic heterocycles. The third-order valence-electron chi connectivity index (χ3n) is 3.33. The molecule has 1 aliphatic rings. The highest BCUT2D eigenvalue weighted by atomic mass is 16.5. The lowest BCUT2D eigenvalue weighted by Crippen LogP contribution is -2.29. The Kier molecular flexibility index (Phi) is 3.56. The van der Waals surface area contributed by atoms with Crippen LogP contribution in [-0.4, -0.2) is 18.2 Å². The van der Waals surface area contributed by atoms with Crippen LogP contribution in [0.4, 0.5) is 0 Å². The van der Waals surface area contributed by atoms with E-state index in [1.54, 1.807) is 0 Å². The molecule has 2 rings (SSSR count). The molecule has 2 atom stereocenters. The van der Waals surface area contributed by atoms with E-state index < -0.39 is 0 Å². The number of pyridine rings is 1. The molecule has 1 aromatic heterocycles. The van der Waals surface area contributed by atoms with Gasteiger partial charge < -0.3 is 10.5 Å². The molecule has 16 heavy (non-hydrogen) atoms. The van der Waals surface area contributed by atoms with E-state index in [1.807, 2.05) is 19.9 Å². The first-order valence-electron chi connectivity index (χ1n) is 5.96. The van der Waals surface area contributed by atoms with E-state index in [9.17, 15) is 0 Å². The van der Waals surface area contributed by atoms with Gasteiger partial charge in [-0.15, -0.1) is 0 Å². The standard InChI is InChI=1S/C13H20N2O/c1-9-5-6-12(10(2)15-9)13(14)11-4-3-7-16-8-11/h5-6,11,13H,3-4,7-8,14H2,1-2H3. The summed E-state index contributed by atoms with van der Waals surface area (Å²) in [4.78, 5) is 4.47. The van der Waals surface area contributed by atoms with Crippen molar-refractivity contribution in [2.75, 3.05) is 13.2 Å². The summed E-state index contributed by atoms with van der Waals surface area (Å²) in [6, 6.07) is 4.21. The van der Waals surface area contributed by atoms with Crippen LogP contribution in [0.15, 0.2) is 12.1 Å². The maximum Gasteiger partial charge on any atom is 0.0512 e. The first-order chi connectivity index (χ1) is 7.68. The third kappa shape index (κ3) is 2.42. The van der Waals surface area contributed by atoms with Crippen LogP contribution < -0.4 is 5.73 Å². The van der Waals surface area contributed by atoms with Gasteiger partial charge in [0.2, 0.25) is 0 Å². The molecule has 1 saturated heterocycles. The maximum atomic E-state index is 6.30. The van der Waals surface area contributed by atoms with Crippen LogP contribution in [0.3, 0.4) is 0 Å². The molecule has 2 unspecified atom stereocenters. The van der Waals surface area contributed by atoms with Crippen LogP contribution in [-0.2, 0) is 4.74 Å². The van der Waals surface area contributed by atoms with Crippen molar-refractivity contribution < 1.29 is 4.74 Å². The number of nitrogens with two attached hydrogens (primary N) is 1. The summed E-state index contributed by atoms with van der Waals surface area (Å²) in [5.74, 6) is 0.442. The summed E-state index contributed by atoms with van der Waals surface area (Å²) in [7, 11) is 0. The van der Waals surface area contributed by atoms with E-state index in [0.29, 0.717) is 5.92 Å². The molecule has 0 amide bonds. The van der Waals surface area contributed by atoms with Gasteiger partial charge in [0.05, 0.1) is 6.61 Å². The Morgan fingerprint density at radius 1 is 1.44 bits per heavy atom. The van der Waals surface area contributed by atoms with Gasteiger partial charge in [-0.2, -0.15) is 0 Å². The van der Waals surface area contributed by atoms with Gasteiger partial charge in [0.25, 0.3) is 0 Å². The van der Waals surface area contributed by atoms with Crippen LogP contribution in [0.1, 0.15) is 35.8 Å². The zero-order valence-corrected chi connectivity index (χ0v) is 10.1. The van der Waals surface area contributed by atoms with E-state index in [1.165, 1.54) is 5.56 Å². The Labute approximate surface area is 97.0 Å². The Morgan fingerprint density at radius 2 is 2.25 bits per heavy atom. The number of aryl methyl sites for hydroxylation is 2. The number of hydrogen-bond acceptors (Lipinski definition) is 3. The molecule has 0 saturated carbocycles. The van der Waals surface area contributed by atoms with E-state index in [2.05, 4.69) is 11.1 Å². The van der Waals surface area contributed by atoms with E-state index in [4.69, 9.17) is 10.5 Å². The number of ether oxygens (including phenoxy) is 1. The van der Waals surface area contributed by atoms with Crippen molar-refractivity contribution in [2.45, 2.75) is 32.7 Å². The predicted octanol–water partition coefficient (Wildman–Crippen LogP) is 2.12. The van der Waals surface area contributed by atoms with Crippen molar-refractivity contribution in [1.29, 1.82) is 0 Å². The lowest BCUT2D eigenvalue weighted by molar-refractivity contribution is 0.0446. The SMILES string of the molecule is Cc1ccc(C(N)C2CCCOC2)c(C)n1. The number of aromatic nitrogens is 1. The van der Waals surface area contributed by atoms with Gasteiger partial charge in [0.1, 0.15) is 0 Å². The van der Waals surface area contributed by atoms with Gasteiger partial charge in [-0.05, 0) is 38.3 Å². The molecule has 0 aromatic carbocycles. The van der Waals surface area contributed by atoms with Gasteiger partial charge >= 0.3 is 0 Å². The summed E-state index contributed by atoms with van der Waals surface area (Å²) in [5.41, 5.74) is 9.57. The van der Waals surface area contributed by atoms with Crippen molar-refractivity contribution in [1.82, 2.24) is 4.98 Å². The molecule has 0 bridgehead atoms. The topological polar surface area (TPSA) is 48.1 Å². The van der Waals surface area contributed by atoms with Crippen LogP contribution in [0, 0.1) is 19.8 Å². The molecule has 0 radical (unpaired) electrons. The highest BCUT2D eigenvalue weighted by Crippen LogP contribution is 2.28. The van der Waals surface area contributed by atoms with Crippen molar-refractivity contribution in [3.63, 3.8) is 0 Å². The minimum Gasteiger partial charge on any atom is -0.381 e. The van der Waals surface area contributed by atoms with Crippen molar-refractivity contribution in [3.8, 4) is 0 Å². The highest BCUT2D eigenvalue weighted by Gasteiger charge is 2.23. The molecule has 88 valence electrons. The van der Waals surface area contributed by atoms with Gasteiger partial charge in [-0.25, -0.2) is 0 Å². The predicted molar refractivity (Wildman–Crippen MR) is 64.2 cm³/mol. The van der Waals surface area contributed by atoms with Gasteiger partial charge in [0, 0.05) is 30.0 Å². The number of nitrogens with zero attached hydrogens (tertiary/aromatic N) is 1. The van der Waals surface area contributed by atoms with Crippen LogP contribution in [0.2, 0.25) is 0 Å². The molecule has 0 spiro atoms. The second-order valence-corrected chi connectivity index (χ2v) is 4.63.